The van der Waals surface area contributed by atoms with Crippen molar-refractivity contribution < 1.29 is 24.9 Å². The molecular weight excluding hydrogens is 622 g/mol. The van der Waals surface area contributed by atoms with Gasteiger partial charge in [0.25, 0.3) is 0 Å². The van der Waals surface area contributed by atoms with Crippen molar-refractivity contribution in [3.05, 3.63) is 120 Å². The van der Waals surface area contributed by atoms with E-state index in [1.54, 1.807) is 37.8 Å². The van der Waals surface area contributed by atoms with Gasteiger partial charge in [0.15, 0.2) is 0 Å². The number of hydrogen-bond donors (Lipinski definition) is 4. The highest BCUT2D eigenvalue weighted by Gasteiger charge is 2.17. The van der Waals surface area contributed by atoms with E-state index in [-0.39, 0.29) is 31.2 Å². The molecule has 1 aromatic carbocycles. The first kappa shape index (κ1) is 37.2. The predicted octanol–water partition coefficient (Wildman–Crippen LogP) is 2.51. The number of carbonyl (C=O) groups is 2. The lowest BCUT2D eigenvalue weighted by Gasteiger charge is -2.27. The molecule has 3 aromatic heterocycles. The van der Waals surface area contributed by atoms with Crippen molar-refractivity contribution in [1.82, 2.24) is 29.7 Å². The molecule has 0 saturated carbocycles. The van der Waals surface area contributed by atoms with Crippen molar-refractivity contribution in [3.8, 4) is 0 Å². The summed E-state index contributed by atoms with van der Waals surface area (Å²) in [4.78, 5) is 45.4. The van der Waals surface area contributed by atoms with E-state index < -0.39 is 18.8 Å². The molecule has 0 unspecified atom stereocenters. The fourth-order valence-corrected chi connectivity index (χ4v) is 5.27. The van der Waals surface area contributed by atoms with Gasteiger partial charge in [0.05, 0.1) is 48.9 Å². The Morgan fingerprint density at radius 1 is 0.714 bits per heavy atom. The van der Waals surface area contributed by atoms with Gasteiger partial charge in [-0.2, -0.15) is 0 Å². The van der Waals surface area contributed by atoms with Crippen LogP contribution in [0.2, 0.25) is 0 Å². The number of aliphatic hydroxyl groups is 3. The van der Waals surface area contributed by atoms with Crippen LogP contribution in [-0.2, 0) is 35.6 Å². The maximum atomic E-state index is 13.3. The molecule has 0 radical (unpaired) electrons. The van der Waals surface area contributed by atoms with Gasteiger partial charge in [0.1, 0.15) is 0 Å². The number of rotatable bonds is 20. The zero-order valence-corrected chi connectivity index (χ0v) is 28.0. The second-order valence-electron chi connectivity index (χ2n) is 12.1. The summed E-state index contributed by atoms with van der Waals surface area (Å²) in [5, 5.41) is 31.4. The number of carbonyl (C=O) groups excluding carboxylic acids is 2. The number of hydrogen-bond acceptors (Lipinski definition) is 10. The lowest BCUT2D eigenvalue weighted by atomic mass is 10.1. The van der Waals surface area contributed by atoms with E-state index in [0.717, 1.165) is 22.6 Å². The Kier molecular flexibility index (Phi) is 15.2. The van der Waals surface area contributed by atoms with Gasteiger partial charge in [-0.3, -0.25) is 34.3 Å². The van der Waals surface area contributed by atoms with Crippen molar-refractivity contribution in [2.75, 3.05) is 45.2 Å². The number of nitrogens with one attached hydrogen (secondary N) is 1. The quantitative estimate of drug-likeness (QED) is 0.110. The lowest BCUT2D eigenvalue weighted by Crippen LogP contribution is -2.39. The fourth-order valence-electron chi connectivity index (χ4n) is 5.27. The van der Waals surface area contributed by atoms with Crippen molar-refractivity contribution in [1.29, 1.82) is 0 Å². The van der Waals surface area contributed by atoms with E-state index in [1.165, 1.54) is 4.90 Å². The molecule has 4 rings (SSSR count). The van der Waals surface area contributed by atoms with Crippen LogP contribution in [0.15, 0.2) is 97.5 Å². The first-order valence-corrected chi connectivity index (χ1v) is 16.5. The van der Waals surface area contributed by atoms with Gasteiger partial charge >= 0.3 is 0 Å². The summed E-state index contributed by atoms with van der Waals surface area (Å²) in [7, 11) is 1.67. The van der Waals surface area contributed by atoms with Crippen molar-refractivity contribution >= 4 is 17.5 Å². The zero-order chi connectivity index (χ0) is 34.8. The molecular formula is C37H47N7O5. The number of nitrogens with zero attached hydrogens (tertiary/aromatic N) is 6. The molecule has 0 spiro atoms. The second-order valence-corrected chi connectivity index (χ2v) is 12.1. The molecule has 0 saturated heterocycles. The number of aliphatic hydroxyl groups excluding tert-OH is 3. The van der Waals surface area contributed by atoms with Gasteiger partial charge in [0.2, 0.25) is 11.8 Å². The number of likely N-dealkylation sites (N-methyl/N-ethyl adjacent to an activating group) is 1. The molecule has 2 amide bonds. The Morgan fingerprint density at radius 2 is 1.24 bits per heavy atom. The molecule has 2 atom stereocenters. The Bertz CT molecular complexity index is 1490. The van der Waals surface area contributed by atoms with Crippen LogP contribution in [0.1, 0.15) is 35.5 Å². The molecule has 0 aliphatic rings. The second kappa shape index (κ2) is 20.0. The molecule has 3 heterocycles. The molecule has 4 aromatic rings. The first-order chi connectivity index (χ1) is 23.8. The van der Waals surface area contributed by atoms with E-state index in [0.29, 0.717) is 51.4 Å². The van der Waals surface area contributed by atoms with Crippen LogP contribution in [-0.4, -0.2) is 109 Å². The first-order valence-electron chi connectivity index (χ1n) is 16.5. The SMILES string of the molecule is CN(CC[C@@H](O)C[C@H](O)CO)C(=O)Cc1ccc(NC(=O)CN(CCN(Cc2ccccn2)Cc2ccccn2)Cc2ccccn2)cc1. The van der Waals surface area contributed by atoms with E-state index in [4.69, 9.17) is 5.11 Å². The van der Waals surface area contributed by atoms with Crippen LogP contribution >= 0.6 is 0 Å². The highest BCUT2D eigenvalue weighted by atomic mass is 16.3. The third kappa shape index (κ3) is 13.8. The van der Waals surface area contributed by atoms with Crippen LogP contribution in [0.4, 0.5) is 5.69 Å². The average Bonchev–Trinajstić information content (AvgIpc) is 3.11. The summed E-state index contributed by atoms with van der Waals surface area (Å²) >= 11 is 0. The van der Waals surface area contributed by atoms with Crippen LogP contribution < -0.4 is 5.32 Å². The molecule has 0 fully saturated rings. The maximum Gasteiger partial charge on any atom is 0.238 e. The summed E-state index contributed by atoms with van der Waals surface area (Å²) in [5.41, 5.74) is 4.21. The van der Waals surface area contributed by atoms with Crippen molar-refractivity contribution in [3.63, 3.8) is 0 Å². The Hall–Kier alpha value is -4.59. The largest absolute Gasteiger partial charge is 0.394 e. The van der Waals surface area contributed by atoms with E-state index in [1.807, 2.05) is 66.7 Å². The lowest BCUT2D eigenvalue weighted by molar-refractivity contribution is -0.129. The molecule has 0 aliphatic heterocycles. The summed E-state index contributed by atoms with van der Waals surface area (Å²) in [6, 6.07) is 24.7. The average molecular weight is 670 g/mol. The minimum Gasteiger partial charge on any atom is -0.394 e. The topological polar surface area (TPSA) is 155 Å². The molecule has 260 valence electrons. The van der Waals surface area contributed by atoms with Gasteiger partial charge in [-0.05, 0) is 60.5 Å². The molecule has 0 aliphatic carbocycles. The Morgan fingerprint density at radius 3 is 1.76 bits per heavy atom. The van der Waals surface area contributed by atoms with Crippen molar-refractivity contribution in [2.45, 2.75) is 51.1 Å². The number of amides is 2. The molecule has 12 nitrogen and oxygen atoms in total. The third-order valence-electron chi connectivity index (χ3n) is 8.01. The molecule has 4 N–H and O–H groups in total. The normalized spacial score (nSPS) is 12.5. The Labute approximate surface area is 288 Å². The van der Waals surface area contributed by atoms with Crippen LogP contribution in [0.25, 0.3) is 0 Å². The summed E-state index contributed by atoms with van der Waals surface area (Å²) in [6.07, 6.45) is 4.07. The smallest absolute Gasteiger partial charge is 0.238 e. The third-order valence-corrected chi connectivity index (χ3v) is 8.01. The predicted molar refractivity (Wildman–Crippen MR) is 187 cm³/mol. The van der Waals surface area contributed by atoms with Gasteiger partial charge in [0, 0.05) is 77.0 Å². The molecule has 49 heavy (non-hydrogen) atoms. The minimum absolute atomic E-state index is 0.0585. The van der Waals surface area contributed by atoms with Crippen LogP contribution in [0, 0.1) is 0 Å². The minimum atomic E-state index is -0.977. The number of pyridine rings is 3. The molecule has 12 heteroatoms. The zero-order valence-electron chi connectivity index (χ0n) is 28.0. The van der Waals surface area contributed by atoms with Crippen molar-refractivity contribution in [2.24, 2.45) is 0 Å². The number of aromatic nitrogens is 3. The van der Waals surface area contributed by atoms with Crippen LogP contribution in [0.3, 0.4) is 0 Å². The number of benzene rings is 1. The monoisotopic (exact) mass is 669 g/mol. The summed E-state index contributed by atoms with van der Waals surface area (Å²) in [6.45, 7) is 3.14. The van der Waals surface area contributed by atoms with Crippen LogP contribution in [0.5, 0.6) is 0 Å². The van der Waals surface area contributed by atoms with Gasteiger partial charge in [-0.1, -0.05) is 30.3 Å². The highest BCUT2D eigenvalue weighted by molar-refractivity contribution is 5.92. The summed E-state index contributed by atoms with van der Waals surface area (Å²) < 4.78 is 0. The maximum absolute atomic E-state index is 13.3. The fraction of sp³-hybridized carbons (Fsp3) is 0.378. The highest BCUT2D eigenvalue weighted by Crippen LogP contribution is 2.13. The van der Waals surface area contributed by atoms with E-state index >= 15 is 0 Å². The van der Waals surface area contributed by atoms with Gasteiger partial charge < -0.3 is 25.5 Å². The summed E-state index contributed by atoms with van der Waals surface area (Å²) in [5.74, 6) is -0.276. The Balaban J connectivity index is 1.33. The van der Waals surface area contributed by atoms with E-state index in [2.05, 4.69) is 30.1 Å². The molecule has 0 bridgehead atoms. The standard InChI is InChI=1S/C37H47N7O5/c1-42(19-15-34(46)23-35(47)28-45)37(49)22-29-11-13-30(14-12-29)41-36(48)27-44(26-33-10-4-7-18-40-33)21-20-43(24-31-8-2-5-16-38-31)25-32-9-3-6-17-39-32/h2-14,16-18,34-35,45-47H,15,19-28H2,1H3,(H,41,48)/t34-,35+/m1/s1. The van der Waals surface area contributed by atoms with Gasteiger partial charge in [-0.15, -0.1) is 0 Å². The number of anilines is 1. The van der Waals surface area contributed by atoms with E-state index in [9.17, 15) is 19.8 Å². The van der Waals surface area contributed by atoms with Gasteiger partial charge in [-0.25, -0.2) is 0 Å².